The van der Waals surface area contributed by atoms with Crippen LogP contribution < -0.4 is 0 Å². The molecule has 0 spiro atoms. The predicted octanol–water partition coefficient (Wildman–Crippen LogP) is 12.1. The van der Waals surface area contributed by atoms with Crippen molar-refractivity contribution in [3.05, 3.63) is 11.6 Å². The van der Waals surface area contributed by atoms with Gasteiger partial charge in [0, 0.05) is 6.42 Å². The van der Waals surface area contributed by atoms with Crippen molar-refractivity contribution in [3.8, 4) is 0 Å². The number of allylic oxidation sites excluding steroid dienone is 1. The van der Waals surface area contributed by atoms with Crippen LogP contribution in [0.5, 0.6) is 0 Å². The highest BCUT2D eigenvalue weighted by molar-refractivity contribution is 7.46. The Kier molecular flexibility index (Phi) is 17.8. The van der Waals surface area contributed by atoms with Gasteiger partial charge in [-0.25, -0.2) is 4.57 Å². The molecule has 0 amide bonds. The van der Waals surface area contributed by atoms with Crippen LogP contribution >= 0.6 is 7.82 Å². The van der Waals surface area contributed by atoms with Crippen LogP contribution in [0.2, 0.25) is 0 Å². The van der Waals surface area contributed by atoms with Gasteiger partial charge in [0.05, 0.1) is 19.3 Å². The number of hydrogen-bond acceptors (Lipinski definition) is 5. The summed E-state index contributed by atoms with van der Waals surface area (Å²) in [6.07, 6.45) is 29.0. The zero-order chi connectivity index (χ0) is 37.8. The van der Waals surface area contributed by atoms with E-state index in [1.807, 2.05) is 0 Å². The molecule has 0 radical (unpaired) electrons. The van der Waals surface area contributed by atoms with Crippen LogP contribution in [0.15, 0.2) is 11.6 Å². The third-order valence-electron chi connectivity index (χ3n) is 14.5. The molecule has 0 aromatic heterocycles. The van der Waals surface area contributed by atoms with E-state index in [2.05, 4.69) is 47.6 Å². The highest BCUT2D eigenvalue weighted by Gasteiger charge is 2.59. The zero-order valence-electron chi connectivity index (χ0n) is 34.3. The minimum atomic E-state index is -4.70. The lowest BCUT2D eigenvalue weighted by molar-refractivity contribution is -0.156. The third-order valence-corrected chi connectivity index (χ3v) is 15.0. The maximum atomic E-state index is 12.7. The van der Waals surface area contributed by atoms with Crippen molar-refractivity contribution in [1.29, 1.82) is 0 Å². The Hall–Kier alpha value is -0.720. The fourth-order valence-electron chi connectivity index (χ4n) is 11.5. The molecule has 0 aliphatic heterocycles. The van der Waals surface area contributed by atoms with Gasteiger partial charge >= 0.3 is 13.8 Å². The van der Waals surface area contributed by atoms with Gasteiger partial charge in [0.2, 0.25) is 0 Å². The van der Waals surface area contributed by atoms with E-state index in [-0.39, 0.29) is 30.7 Å². The summed E-state index contributed by atoms with van der Waals surface area (Å²) < 4.78 is 28.4. The van der Waals surface area contributed by atoms with E-state index in [0.29, 0.717) is 11.8 Å². The van der Waals surface area contributed by atoms with Crippen LogP contribution in [-0.2, 0) is 23.4 Å². The second kappa shape index (κ2) is 21.0. The lowest BCUT2D eigenvalue weighted by Crippen LogP contribution is -2.51. The maximum absolute atomic E-state index is 12.7. The quantitative estimate of drug-likeness (QED) is 0.0438. The summed E-state index contributed by atoms with van der Waals surface area (Å²) in [4.78, 5) is 31.5. The Morgan fingerprint density at radius 1 is 0.846 bits per heavy atom. The number of fused-ring (bicyclic) bond motifs is 5. The molecule has 3 fully saturated rings. The van der Waals surface area contributed by atoms with Gasteiger partial charge in [-0.05, 0) is 104 Å². The normalized spacial score (nSPS) is 31.4. The summed E-state index contributed by atoms with van der Waals surface area (Å²) in [5, 5.41) is 0. The van der Waals surface area contributed by atoms with Crippen LogP contribution in [0, 0.1) is 46.3 Å². The molecule has 7 nitrogen and oxygen atoms in total. The van der Waals surface area contributed by atoms with Crippen LogP contribution in [0.3, 0.4) is 0 Å². The Morgan fingerprint density at radius 2 is 1.52 bits per heavy atom. The number of phosphoric ester groups is 1. The molecule has 9 atom stereocenters. The molecule has 302 valence electrons. The molecule has 0 aromatic rings. The molecule has 4 aliphatic rings. The molecule has 0 saturated heterocycles. The first-order valence-electron chi connectivity index (χ1n) is 22.0. The Bertz CT molecular complexity index is 1150. The van der Waals surface area contributed by atoms with Crippen LogP contribution in [0.4, 0.5) is 0 Å². The fourth-order valence-corrected chi connectivity index (χ4v) is 11.9. The number of carbonyl (C=O) groups excluding carboxylic acids is 1. The van der Waals surface area contributed by atoms with Crippen LogP contribution in [0.1, 0.15) is 189 Å². The Labute approximate surface area is 318 Å². The minimum Gasteiger partial charge on any atom is -0.457 e. The van der Waals surface area contributed by atoms with Gasteiger partial charge in [0.25, 0.3) is 0 Å². The molecule has 2 N–H and O–H groups in total. The van der Waals surface area contributed by atoms with E-state index in [1.165, 1.54) is 103 Å². The van der Waals surface area contributed by atoms with Gasteiger partial charge in [0.15, 0.2) is 0 Å². The number of ether oxygens (including phenoxy) is 2. The smallest absolute Gasteiger partial charge is 0.457 e. The molecular weight excluding hydrogens is 671 g/mol. The Morgan fingerprint density at radius 3 is 2.17 bits per heavy atom. The van der Waals surface area contributed by atoms with E-state index in [9.17, 15) is 19.1 Å². The minimum absolute atomic E-state index is 0.00943. The highest BCUT2D eigenvalue weighted by Crippen LogP contribution is 2.67. The number of carbonyl (C=O) groups is 1. The molecular formula is C44H79O7P. The summed E-state index contributed by atoms with van der Waals surface area (Å²) in [6, 6.07) is 0. The van der Waals surface area contributed by atoms with Crippen molar-refractivity contribution in [1.82, 2.24) is 0 Å². The second-order valence-corrected chi connectivity index (χ2v) is 19.9. The highest BCUT2D eigenvalue weighted by atomic mass is 31.2. The summed E-state index contributed by atoms with van der Waals surface area (Å²) in [5.74, 6) is 4.50. The van der Waals surface area contributed by atoms with E-state index in [0.717, 1.165) is 74.0 Å². The van der Waals surface area contributed by atoms with E-state index in [4.69, 9.17) is 14.0 Å². The number of unbranched alkanes of at least 4 members (excludes halogenated alkanes) is 10. The monoisotopic (exact) mass is 751 g/mol. The molecule has 0 heterocycles. The number of rotatable bonds is 24. The summed E-state index contributed by atoms with van der Waals surface area (Å²) in [7, 11) is -4.70. The predicted molar refractivity (Wildman–Crippen MR) is 212 cm³/mol. The maximum Gasteiger partial charge on any atom is 0.469 e. The van der Waals surface area contributed by atoms with E-state index in [1.54, 1.807) is 5.57 Å². The molecule has 3 saturated carbocycles. The van der Waals surface area contributed by atoms with Crippen molar-refractivity contribution in [3.63, 3.8) is 0 Å². The number of phosphoric acid groups is 1. The molecule has 0 aromatic carbocycles. The lowest BCUT2D eigenvalue weighted by Gasteiger charge is -2.58. The first-order valence-corrected chi connectivity index (χ1v) is 23.5. The molecule has 4 aliphatic carbocycles. The van der Waals surface area contributed by atoms with Gasteiger partial charge in [-0.2, -0.15) is 0 Å². The standard InChI is InChI=1S/C44H79O7P/c1-7-8-9-10-11-12-13-14-15-16-17-21-42(45)51-37(32-50-52(46,47)48)31-49-36-26-28-43(5)35(30-36)22-23-38-40-25-24-39(34(4)20-18-19-33(2)3)44(40,6)29-27-41(38)43/h22,33-34,36-41H,7-21,23-32H2,1-6H3,(H2,46,47,48)/t34-,36?,37?,38?,39-,40?,41?,43+,44-/m1/s1. The van der Waals surface area contributed by atoms with Crippen molar-refractivity contribution < 1.29 is 33.1 Å². The SMILES string of the molecule is CCCCCCCCCCCCCC(=O)OC(COC1CC[C@@]2(C)C(=CCC3C2CC[C@@]2(C)C3CC[C@@H]2[C@H](C)CCCC(C)C)C1)COP(=O)(O)O. The third kappa shape index (κ3) is 12.7. The summed E-state index contributed by atoms with van der Waals surface area (Å²) >= 11 is 0. The summed E-state index contributed by atoms with van der Waals surface area (Å²) in [6.45, 7) is 14.4. The van der Waals surface area contributed by atoms with Gasteiger partial charge < -0.3 is 19.3 Å². The Balaban J connectivity index is 1.23. The fraction of sp³-hybridized carbons (Fsp3) is 0.932. The van der Waals surface area contributed by atoms with Gasteiger partial charge in [-0.3, -0.25) is 9.32 Å². The van der Waals surface area contributed by atoms with E-state index < -0.39 is 13.9 Å². The lowest BCUT2D eigenvalue weighted by atomic mass is 9.47. The van der Waals surface area contributed by atoms with E-state index >= 15 is 0 Å². The molecule has 0 bridgehead atoms. The van der Waals surface area contributed by atoms with Crippen LogP contribution in [0.25, 0.3) is 0 Å². The van der Waals surface area contributed by atoms with Crippen molar-refractivity contribution in [2.45, 2.75) is 201 Å². The largest absolute Gasteiger partial charge is 0.469 e. The zero-order valence-corrected chi connectivity index (χ0v) is 35.2. The summed E-state index contributed by atoms with van der Waals surface area (Å²) in [5.41, 5.74) is 2.24. The van der Waals surface area contributed by atoms with Gasteiger partial charge in [-0.15, -0.1) is 0 Å². The molecule has 52 heavy (non-hydrogen) atoms. The topological polar surface area (TPSA) is 102 Å². The van der Waals surface area contributed by atoms with Crippen molar-refractivity contribution in [2.75, 3.05) is 13.2 Å². The molecule has 4 rings (SSSR count). The van der Waals surface area contributed by atoms with Crippen LogP contribution in [-0.4, -0.2) is 41.2 Å². The number of esters is 1. The average molecular weight is 751 g/mol. The van der Waals surface area contributed by atoms with Gasteiger partial charge in [0.1, 0.15) is 6.10 Å². The molecule has 5 unspecified atom stereocenters. The first kappa shape index (κ1) is 44.0. The van der Waals surface area contributed by atoms with Gasteiger partial charge in [-0.1, -0.05) is 137 Å². The van der Waals surface area contributed by atoms with Crippen molar-refractivity contribution in [2.24, 2.45) is 46.3 Å². The average Bonchev–Trinajstić information content (AvgIpc) is 3.45. The van der Waals surface area contributed by atoms with Crippen molar-refractivity contribution >= 4 is 13.8 Å². The number of hydrogen-bond donors (Lipinski definition) is 2. The molecule has 8 heteroatoms. The first-order chi connectivity index (χ1) is 24.8. The second-order valence-electron chi connectivity index (χ2n) is 18.7.